The van der Waals surface area contributed by atoms with Crippen molar-refractivity contribution in [2.45, 2.75) is 19.2 Å². The van der Waals surface area contributed by atoms with E-state index in [9.17, 15) is 0 Å². The molecule has 0 aromatic heterocycles. The van der Waals surface area contributed by atoms with Gasteiger partial charge in [-0.25, -0.2) is 0 Å². The van der Waals surface area contributed by atoms with Gasteiger partial charge >= 0.3 is 0 Å². The largest absolute Gasteiger partial charge is 0.118 e. The quantitative estimate of drug-likeness (QED) is 0.457. The van der Waals surface area contributed by atoms with Gasteiger partial charge in [-0.2, -0.15) is 0 Å². The fraction of sp³-hybridized carbons (Fsp3) is 0.500. The Kier molecular flexibility index (Phi) is 1.97. The molecule has 0 fully saturated rings. The molecule has 9 heavy (non-hydrogen) atoms. The predicted octanol–water partition coefficient (Wildman–Crippen LogP) is 2.75. The Morgan fingerprint density at radius 3 is 2.67 bits per heavy atom. The van der Waals surface area contributed by atoms with Gasteiger partial charge in [0.05, 0.1) is 5.38 Å². The minimum Gasteiger partial charge on any atom is -0.118 e. The van der Waals surface area contributed by atoms with Crippen LogP contribution in [0.3, 0.4) is 0 Å². The van der Waals surface area contributed by atoms with Crippen molar-refractivity contribution in [3.05, 3.63) is 23.8 Å². The first-order valence-electron chi connectivity index (χ1n) is 3.21. The van der Waals surface area contributed by atoms with E-state index in [-0.39, 0.29) is 5.38 Å². The number of halogens is 1. The third kappa shape index (κ3) is 1.59. The van der Waals surface area contributed by atoms with E-state index in [1.807, 2.05) is 0 Å². The van der Waals surface area contributed by atoms with E-state index in [0.29, 0.717) is 5.92 Å². The second-order valence-corrected chi connectivity index (χ2v) is 3.08. The summed E-state index contributed by atoms with van der Waals surface area (Å²) in [5.41, 5.74) is 1.27. The van der Waals surface area contributed by atoms with Crippen molar-refractivity contribution in [1.82, 2.24) is 0 Å². The van der Waals surface area contributed by atoms with E-state index in [2.05, 4.69) is 32.1 Å². The summed E-state index contributed by atoms with van der Waals surface area (Å²) in [6.45, 7) is 4.19. The van der Waals surface area contributed by atoms with Gasteiger partial charge in [0.15, 0.2) is 0 Å². The summed E-state index contributed by atoms with van der Waals surface area (Å²) < 4.78 is 0. The molecular weight excluding hydrogens is 132 g/mol. The SMILES string of the molecule is CC1=CC(Cl)C(C)C=C1. The van der Waals surface area contributed by atoms with Crippen molar-refractivity contribution in [2.75, 3.05) is 0 Å². The molecule has 0 N–H and O–H groups in total. The van der Waals surface area contributed by atoms with E-state index in [0.717, 1.165) is 0 Å². The molecule has 0 spiro atoms. The van der Waals surface area contributed by atoms with Gasteiger partial charge in [0, 0.05) is 0 Å². The van der Waals surface area contributed by atoms with Crippen LogP contribution >= 0.6 is 11.6 Å². The molecule has 50 valence electrons. The standard InChI is InChI=1S/C8H11Cl/c1-6-3-4-7(2)8(9)5-6/h3-5,7-8H,1-2H3. The molecule has 2 unspecified atom stereocenters. The minimum atomic E-state index is 0.204. The Labute approximate surface area is 61.2 Å². The Bertz CT molecular complexity index is 156. The highest BCUT2D eigenvalue weighted by molar-refractivity contribution is 6.22. The van der Waals surface area contributed by atoms with Crippen molar-refractivity contribution in [2.24, 2.45) is 5.92 Å². The van der Waals surface area contributed by atoms with Gasteiger partial charge in [-0.05, 0) is 12.8 Å². The molecule has 1 rings (SSSR count). The first-order valence-corrected chi connectivity index (χ1v) is 3.64. The van der Waals surface area contributed by atoms with Gasteiger partial charge in [-0.1, -0.05) is 30.7 Å². The summed E-state index contributed by atoms with van der Waals surface area (Å²) in [6, 6.07) is 0. The summed E-state index contributed by atoms with van der Waals surface area (Å²) in [4.78, 5) is 0. The lowest BCUT2D eigenvalue weighted by Gasteiger charge is -2.14. The van der Waals surface area contributed by atoms with E-state index in [4.69, 9.17) is 11.6 Å². The molecule has 2 atom stereocenters. The fourth-order valence-corrected chi connectivity index (χ4v) is 1.15. The van der Waals surface area contributed by atoms with Gasteiger partial charge in [0.1, 0.15) is 0 Å². The maximum absolute atomic E-state index is 5.93. The zero-order chi connectivity index (χ0) is 6.85. The molecule has 1 aliphatic carbocycles. The molecule has 0 saturated heterocycles. The third-order valence-corrected chi connectivity index (χ3v) is 2.11. The van der Waals surface area contributed by atoms with Crippen LogP contribution in [0.25, 0.3) is 0 Å². The van der Waals surface area contributed by atoms with Crippen molar-refractivity contribution < 1.29 is 0 Å². The smallest absolute Gasteiger partial charge is 0.0581 e. The van der Waals surface area contributed by atoms with E-state index >= 15 is 0 Å². The highest BCUT2D eigenvalue weighted by Gasteiger charge is 2.11. The minimum absolute atomic E-state index is 0.204. The lowest BCUT2D eigenvalue weighted by atomic mass is 9.99. The lowest BCUT2D eigenvalue weighted by molar-refractivity contribution is 0.739. The molecule has 0 amide bonds. The maximum atomic E-state index is 5.93. The average Bonchev–Trinajstić information content (AvgIpc) is 1.80. The van der Waals surface area contributed by atoms with Crippen LogP contribution in [-0.4, -0.2) is 5.38 Å². The van der Waals surface area contributed by atoms with Gasteiger partial charge in [-0.3, -0.25) is 0 Å². The molecule has 0 bridgehead atoms. The summed E-state index contributed by atoms with van der Waals surface area (Å²) in [5, 5.41) is 0.204. The van der Waals surface area contributed by atoms with Crippen LogP contribution in [0.4, 0.5) is 0 Å². The van der Waals surface area contributed by atoms with Crippen LogP contribution in [0.5, 0.6) is 0 Å². The molecule has 0 saturated carbocycles. The summed E-state index contributed by atoms with van der Waals surface area (Å²) in [6.07, 6.45) is 6.35. The molecule has 0 heterocycles. The molecular formula is C8H11Cl. The number of hydrogen-bond donors (Lipinski definition) is 0. The summed E-state index contributed by atoms with van der Waals surface area (Å²) in [7, 11) is 0. The zero-order valence-corrected chi connectivity index (χ0v) is 6.52. The van der Waals surface area contributed by atoms with Gasteiger partial charge in [0.2, 0.25) is 0 Å². The second kappa shape index (κ2) is 2.57. The number of allylic oxidation sites excluding steroid dienone is 4. The van der Waals surface area contributed by atoms with Crippen molar-refractivity contribution in [3.8, 4) is 0 Å². The average molecular weight is 143 g/mol. The normalized spacial score (nSPS) is 34.3. The van der Waals surface area contributed by atoms with Crippen LogP contribution in [0, 0.1) is 5.92 Å². The number of alkyl halides is 1. The van der Waals surface area contributed by atoms with Crippen LogP contribution < -0.4 is 0 Å². The highest BCUT2D eigenvalue weighted by atomic mass is 35.5. The highest BCUT2D eigenvalue weighted by Crippen LogP contribution is 2.20. The number of hydrogen-bond acceptors (Lipinski definition) is 0. The Morgan fingerprint density at radius 2 is 2.22 bits per heavy atom. The van der Waals surface area contributed by atoms with Crippen LogP contribution in [0.1, 0.15) is 13.8 Å². The van der Waals surface area contributed by atoms with E-state index < -0.39 is 0 Å². The fourth-order valence-electron chi connectivity index (χ4n) is 0.868. The first-order chi connectivity index (χ1) is 4.20. The maximum Gasteiger partial charge on any atom is 0.0581 e. The third-order valence-electron chi connectivity index (χ3n) is 1.59. The monoisotopic (exact) mass is 142 g/mol. The second-order valence-electron chi connectivity index (χ2n) is 2.57. The molecule has 0 aromatic rings. The number of rotatable bonds is 0. The van der Waals surface area contributed by atoms with Gasteiger partial charge in [-0.15, -0.1) is 11.6 Å². The Hall–Kier alpha value is -0.230. The van der Waals surface area contributed by atoms with Crippen molar-refractivity contribution >= 4 is 11.6 Å². The van der Waals surface area contributed by atoms with Crippen LogP contribution in [0.2, 0.25) is 0 Å². The molecule has 0 aromatic carbocycles. The summed E-state index contributed by atoms with van der Waals surface area (Å²) in [5.74, 6) is 0.496. The Balaban J connectivity index is 2.70. The zero-order valence-electron chi connectivity index (χ0n) is 5.76. The topological polar surface area (TPSA) is 0 Å². The van der Waals surface area contributed by atoms with Crippen molar-refractivity contribution in [1.29, 1.82) is 0 Å². The predicted molar refractivity (Wildman–Crippen MR) is 41.7 cm³/mol. The summed E-state index contributed by atoms with van der Waals surface area (Å²) >= 11 is 5.93. The van der Waals surface area contributed by atoms with E-state index in [1.54, 1.807) is 0 Å². The lowest BCUT2D eigenvalue weighted by Crippen LogP contribution is -2.08. The van der Waals surface area contributed by atoms with Crippen molar-refractivity contribution in [3.63, 3.8) is 0 Å². The molecule has 0 aliphatic heterocycles. The molecule has 1 aliphatic rings. The van der Waals surface area contributed by atoms with Crippen LogP contribution in [-0.2, 0) is 0 Å². The van der Waals surface area contributed by atoms with Gasteiger partial charge in [0.25, 0.3) is 0 Å². The molecule has 0 radical (unpaired) electrons. The molecule has 1 heteroatoms. The molecule has 0 nitrogen and oxygen atoms in total. The van der Waals surface area contributed by atoms with E-state index in [1.165, 1.54) is 5.57 Å². The van der Waals surface area contributed by atoms with Crippen LogP contribution in [0.15, 0.2) is 23.8 Å². The van der Waals surface area contributed by atoms with Gasteiger partial charge < -0.3 is 0 Å². The first kappa shape index (κ1) is 6.88. The Morgan fingerprint density at radius 1 is 1.56 bits per heavy atom.